The Hall–Kier alpha value is -1.10. The molecule has 1 fully saturated rings. The average Bonchev–Trinajstić information content (AvgIpc) is 2.17. The molecule has 0 radical (unpaired) electrons. The molecule has 2 rings (SSSR count). The highest BCUT2D eigenvalue weighted by molar-refractivity contribution is 7.99. The predicted octanol–water partition coefficient (Wildman–Crippen LogP) is 3.51. The van der Waals surface area contributed by atoms with E-state index in [1.165, 1.54) is 0 Å². The minimum Gasteiger partial charge on any atom is -0.481 e. The zero-order valence-corrected chi connectivity index (χ0v) is 9.84. The third-order valence-electron chi connectivity index (χ3n) is 3.25. The third kappa shape index (κ3) is 2.29. The Morgan fingerprint density at radius 1 is 1.29 bits per heavy atom. The maximum atomic E-state index is 12.1. The molecule has 0 aliphatic heterocycles. The molecule has 17 heavy (non-hydrogen) atoms. The minimum absolute atomic E-state index is 0.462. The van der Waals surface area contributed by atoms with Crippen molar-refractivity contribution in [2.45, 2.75) is 35.3 Å². The number of carboxylic acid groups (broad SMARTS) is 1. The normalized spacial score (nSPS) is 17.8. The Labute approximate surface area is 102 Å². The Morgan fingerprint density at radius 2 is 1.88 bits per heavy atom. The smallest absolute Gasteiger partial charge is 0.314 e. The second-order valence-corrected chi connectivity index (χ2v) is 5.21. The molecule has 0 aromatic heterocycles. The van der Waals surface area contributed by atoms with Gasteiger partial charge in [-0.3, -0.25) is 4.79 Å². The van der Waals surface area contributed by atoms with Gasteiger partial charge in [0, 0.05) is 4.90 Å². The number of alkyl halides is 2. The fourth-order valence-corrected chi connectivity index (χ4v) is 2.61. The standard InChI is InChI=1S/C12H12F2O2S/c13-11(14)17-9-4-2-8(3-5-9)12(10(15)16)6-1-7-12/h2-5,11H,1,6-7H2,(H,15,16). The summed E-state index contributed by atoms with van der Waals surface area (Å²) >= 11 is 0.471. The summed E-state index contributed by atoms with van der Waals surface area (Å²) in [6.45, 7) is 0. The summed E-state index contributed by atoms with van der Waals surface area (Å²) in [6.07, 6.45) is 2.16. The van der Waals surface area contributed by atoms with Gasteiger partial charge in [0.2, 0.25) is 0 Å². The molecular formula is C12H12F2O2S. The van der Waals surface area contributed by atoms with E-state index in [1.54, 1.807) is 24.3 Å². The molecule has 2 nitrogen and oxygen atoms in total. The summed E-state index contributed by atoms with van der Waals surface area (Å²) < 4.78 is 24.3. The monoisotopic (exact) mass is 258 g/mol. The van der Waals surface area contributed by atoms with Crippen molar-refractivity contribution in [2.24, 2.45) is 0 Å². The highest BCUT2D eigenvalue weighted by atomic mass is 32.2. The van der Waals surface area contributed by atoms with E-state index < -0.39 is 17.1 Å². The van der Waals surface area contributed by atoms with Crippen molar-refractivity contribution < 1.29 is 18.7 Å². The molecule has 92 valence electrons. The minimum atomic E-state index is -2.45. The lowest BCUT2D eigenvalue weighted by Crippen LogP contribution is -2.42. The molecule has 0 bridgehead atoms. The predicted molar refractivity (Wildman–Crippen MR) is 61.5 cm³/mol. The summed E-state index contributed by atoms with van der Waals surface area (Å²) in [5.41, 5.74) is -0.0662. The number of carbonyl (C=O) groups is 1. The molecule has 0 amide bonds. The lowest BCUT2D eigenvalue weighted by Gasteiger charge is -2.38. The second kappa shape index (κ2) is 4.64. The summed E-state index contributed by atoms with van der Waals surface area (Å²) in [7, 11) is 0. The Balaban J connectivity index is 2.20. The lowest BCUT2D eigenvalue weighted by molar-refractivity contribution is -0.147. The molecule has 1 aliphatic rings. The van der Waals surface area contributed by atoms with Gasteiger partial charge in [-0.1, -0.05) is 30.3 Å². The quantitative estimate of drug-likeness (QED) is 0.840. The van der Waals surface area contributed by atoms with E-state index >= 15 is 0 Å². The van der Waals surface area contributed by atoms with Crippen LogP contribution in [0.5, 0.6) is 0 Å². The fourth-order valence-electron chi connectivity index (χ4n) is 2.11. The molecule has 0 saturated heterocycles. The third-order valence-corrected chi connectivity index (χ3v) is 3.97. The van der Waals surface area contributed by atoms with Crippen LogP contribution in [0.3, 0.4) is 0 Å². The number of benzene rings is 1. The first-order chi connectivity index (χ1) is 8.04. The summed E-state index contributed by atoms with van der Waals surface area (Å²) in [6, 6.07) is 6.43. The molecule has 1 saturated carbocycles. The first kappa shape index (κ1) is 12.4. The van der Waals surface area contributed by atoms with Crippen molar-refractivity contribution in [3.63, 3.8) is 0 Å². The van der Waals surface area contributed by atoms with Crippen molar-refractivity contribution in [1.29, 1.82) is 0 Å². The Bertz CT molecular complexity index is 413. The molecule has 0 spiro atoms. The van der Waals surface area contributed by atoms with Crippen molar-refractivity contribution in [1.82, 2.24) is 0 Å². The number of aliphatic carboxylic acids is 1. The molecule has 1 aliphatic carbocycles. The van der Waals surface area contributed by atoms with Gasteiger partial charge in [-0.2, -0.15) is 8.78 Å². The molecular weight excluding hydrogens is 246 g/mol. The van der Waals surface area contributed by atoms with Crippen LogP contribution in [0, 0.1) is 0 Å². The zero-order chi connectivity index (χ0) is 12.5. The Kier molecular flexibility index (Phi) is 3.38. The van der Waals surface area contributed by atoms with Crippen molar-refractivity contribution in [2.75, 3.05) is 0 Å². The molecule has 5 heteroatoms. The second-order valence-electron chi connectivity index (χ2n) is 4.14. The van der Waals surface area contributed by atoms with Crippen LogP contribution in [0.25, 0.3) is 0 Å². The van der Waals surface area contributed by atoms with Crippen LogP contribution in [0.4, 0.5) is 8.78 Å². The number of carboxylic acids is 1. The van der Waals surface area contributed by atoms with Gasteiger partial charge in [0.15, 0.2) is 0 Å². The van der Waals surface area contributed by atoms with E-state index in [0.29, 0.717) is 29.5 Å². The molecule has 0 atom stereocenters. The van der Waals surface area contributed by atoms with Crippen LogP contribution in [0.2, 0.25) is 0 Å². The largest absolute Gasteiger partial charge is 0.481 e. The molecule has 1 aromatic carbocycles. The first-order valence-electron chi connectivity index (χ1n) is 5.33. The average molecular weight is 258 g/mol. The number of hydrogen-bond acceptors (Lipinski definition) is 2. The lowest BCUT2D eigenvalue weighted by atomic mass is 9.64. The van der Waals surface area contributed by atoms with Gasteiger partial charge in [0.1, 0.15) is 0 Å². The van der Waals surface area contributed by atoms with Crippen molar-refractivity contribution in [3.05, 3.63) is 29.8 Å². The SMILES string of the molecule is O=C(O)C1(c2ccc(SC(F)F)cc2)CCC1. The van der Waals surface area contributed by atoms with Crippen LogP contribution in [-0.2, 0) is 10.2 Å². The van der Waals surface area contributed by atoms with E-state index in [2.05, 4.69) is 0 Å². The van der Waals surface area contributed by atoms with Gasteiger partial charge in [0.25, 0.3) is 5.76 Å². The van der Waals surface area contributed by atoms with Crippen LogP contribution >= 0.6 is 11.8 Å². The van der Waals surface area contributed by atoms with Gasteiger partial charge < -0.3 is 5.11 Å². The summed E-state index contributed by atoms with van der Waals surface area (Å²) in [5, 5.41) is 9.23. The summed E-state index contributed by atoms with van der Waals surface area (Å²) in [4.78, 5) is 11.7. The van der Waals surface area contributed by atoms with Gasteiger partial charge in [-0.15, -0.1) is 0 Å². The van der Waals surface area contributed by atoms with Crippen LogP contribution in [-0.4, -0.2) is 16.8 Å². The van der Waals surface area contributed by atoms with Crippen molar-refractivity contribution in [3.8, 4) is 0 Å². The first-order valence-corrected chi connectivity index (χ1v) is 6.21. The highest BCUT2D eigenvalue weighted by Crippen LogP contribution is 2.44. The maximum Gasteiger partial charge on any atom is 0.314 e. The zero-order valence-electron chi connectivity index (χ0n) is 9.03. The molecule has 0 unspecified atom stereocenters. The number of halogens is 2. The number of hydrogen-bond donors (Lipinski definition) is 1. The Morgan fingerprint density at radius 3 is 2.24 bits per heavy atom. The van der Waals surface area contributed by atoms with E-state index in [9.17, 15) is 18.7 Å². The molecule has 1 aromatic rings. The van der Waals surface area contributed by atoms with Gasteiger partial charge in [-0.05, 0) is 30.5 Å². The topological polar surface area (TPSA) is 37.3 Å². The number of thioether (sulfide) groups is 1. The molecule has 1 N–H and O–H groups in total. The molecule has 0 heterocycles. The summed E-state index contributed by atoms with van der Waals surface area (Å²) in [5.74, 6) is -3.27. The fraction of sp³-hybridized carbons (Fsp3) is 0.417. The van der Waals surface area contributed by atoms with E-state index in [4.69, 9.17) is 0 Å². The highest BCUT2D eigenvalue weighted by Gasteiger charge is 2.45. The maximum absolute atomic E-state index is 12.1. The van der Waals surface area contributed by atoms with Gasteiger partial charge in [-0.25, -0.2) is 0 Å². The van der Waals surface area contributed by atoms with Crippen LogP contribution in [0.1, 0.15) is 24.8 Å². The van der Waals surface area contributed by atoms with Crippen molar-refractivity contribution >= 4 is 17.7 Å². The number of rotatable bonds is 4. The van der Waals surface area contributed by atoms with Gasteiger partial charge >= 0.3 is 5.97 Å². The van der Waals surface area contributed by atoms with E-state index in [-0.39, 0.29) is 0 Å². The van der Waals surface area contributed by atoms with E-state index in [1.807, 2.05) is 0 Å². The van der Waals surface area contributed by atoms with Crippen LogP contribution < -0.4 is 0 Å². The van der Waals surface area contributed by atoms with Crippen LogP contribution in [0.15, 0.2) is 29.2 Å². The van der Waals surface area contributed by atoms with E-state index in [0.717, 1.165) is 12.0 Å². The van der Waals surface area contributed by atoms with Gasteiger partial charge in [0.05, 0.1) is 5.41 Å².